The fourth-order valence-corrected chi connectivity index (χ4v) is 0.494. The van der Waals surface area contributed by atoms with Crippen molar-refractivity contribution >= 4 is 8.60 Å². The Kier molecular flexibility index (Phi) is 4.17. The summed E-state index contributed by atoms with van der Waals surface area (Å²) in [6.45, 7) is -1.69. The summed E-state index contributed by atoms with van der Waals surface area (Å²) in [5.74, 6) is -4.33. The lowest BCUT2D eigenvalue weighted by molar-refractivity contribution is -0.149. The summed E-state index contributed by atoms with van der Waals surface area (Å²) in [6.07, 6.45) is -3.86. The Bertz CT molecular complexity index is 119. The third kappa shape index (κ3) is 4.47. The van der Waals surface area contributed by atoms with Gasteiger partial charge in [0.1, 0.15) is 6.61 Å². The molecule has 0 aliphatic rings. The Labute approximate surface area is 60.6 Å². The van der Waals surface area contributed by atoms with Crippen molar-refractivity contribution < 1.29 is 31.9 Å². The standard InChI is InChI=1S/C3H5F4O3P/c4-2(5)3(6,7)1-10-11(8)9/h2,8-9H,1H2. The Balaban J connectivity index is 3.73. The Morgan fingerprint density at radius 2 is 1.82 bits per heavy atom. The highest BCUT2D eigenvalue weighted by Crippen LogP contribution is 2.31. The number of rotatable bonds is 4. The predicted octanol–water partition coefficient (Wildman–Crippen LogP) is 1.11. The van der Waals surface area contributed by atoms with Crippen LogP contribution in [0, 0.1) is 0 Å². The quantitative estimate of drug-likeness (QED) is 0.523. The highest BCUT2D eigenvalue weighted by Gasteiger charge is 2.41. The molecule has 3 nitrogen and oxygen atoms in total. The van der Waals surface area contributed by atoms with Crippen LogP contribution in [-0.2, 0) is 4.52 Å². The molecule has 8 heteroatoms. The van der Waals surface area contributed by atoms with E-state index in [9.17, 15) is 17.6 Å². The van der Waals surface area contributed by atoms with Gasteiger partial charge in [-0.1, -0.05) is 0 Å². The van der Waals surface area contributed by atoms with E-state index in [1.54, 1.807) is 0 Å². The van der Waals surface area contributed by atoms with Crippen molar-refractivity contribution in [3.63, 3.8) is 0 Å². The molecule has 0 unspecified atom stereocenters. The third-order valence-electron chi connectivity index (χ3n) is 0.692. The fraction of sp³-hybridized carbons (Fsp3) is 1.00. The molecule has 0 spiro atoms. The highest BCUT2D eigenvalue weighted by molar-refractivity contribution is 7.39. The average Bonchev–Trinajstić information content (AvgIpc) is 1.84. The van der Waals surface area contributed by atoms with Crippen molar-refractivity contribution in [2.24, 2.45) is 0 Å². The molecular weight excluding hydrogens is 191 g/mol. The number of halogens is 4. The van der Waals surface area contributed by atoms with E-state index < -0.39 is 27.6 Å². The smallest absolute Gasteiger partial charge is 0.328 e. The second-order valence-electron chi connectivity index (χ2n) is 1.59. The van der Waals surface area contributed by atoms with Crippen LogP contribution in [0.3, 0.4) is 0 Å². The van der Waals surface area contributed by atoms with Gasteiger partial charge >= 0.3 is 21.0 Å². The van der Waals surface area contributed by atoms with Gasteiger partial charge in [-0.15, -0.1) is 0 Å². The van der Waals surface area contributed by atoms with E-state index >= 15 is 0 Å². The normalized spacial score (nSPS) is 13.1. The molecule has 0 heterocycles. The van der Waals surface area contributed by atoms with Crippen LogP contribution in [0.15, 0.2) is 0 Å². The van der Waals surface area contributed by atoms with Crippen molar-refractivity contribution in [1.82, 2.24) is 0 Å². The molecule has 11 heavy (non-hydrogen) atoms. The lowest BCUT2D eigenvalue weighted by Crippen LogP contribution is -2.31. The van der Waals surface area contributed by atoms with Crippen molar-refractivity contribution in [2.45, 2.75) is 12.3 Å². The minimum absolute atomic E-state index is 1.69. The summed E-state index contributed by atoms with van der Waals surface area (Å²) in [7, 11) is -3.00. The second-order valence-corrected chi connectivity index (χ2v) is 2.35. The van der Waals surface area contributed by atoms with Gasteiger partial charge in [0.05, 0.1) is 0 Å². The van der Waals surface area contributed by atoms with Gasteiger partial charge in [-0.2, -0.15) is 8.78 Å². The molecular formula is C3H5F4O3P. The molecule has 0 aliphatic carbocycles. The minimum atomic E-state index is -4.33. The summed E-state index contributed by atoms with van der Waals surface area (Å²) >= 11 is 0. The van der Waals surface area contributed by atoms with Gasteiger partial charge in [-0.05, 0) is 0 Å². The van der Waals surface area contributed by atoms with E-state index in [4.69, 9.17) is 9.79 Å². The van der Waals surface area contributed by atoms with Crippen LogP contribution in [0.2, 0.25) is 0 Å². The lowest BCUT2D eigenvalue weighted by Gasteiger charge is -2.14. The largest absolute Gasteiger partial charge is 0.330 e. The van der Waals surface area contributed by atoms with Gasteiger partial charge in [0.2, 0.25) is 0 Å². The van der Waals surface area contributed by atoms with Crippen LogP contribution in [0.4, 0.5) is 17.6 Å². The van der Waals surface area contributed by atoms with Crippen molar-refractivity contribution in [1.29, 1.82) is 0 Å². The van der Waals surface area contributed by atoms with Crippen LogP contribution in [0.5, 0.6) is 0 Å². The average molecular weight is 196 g/mol. The van der Waals surface area contributed by atoms with Crippen LogP contribution in [-0.4, -0.2) is 28.7 Å². The highest BCUT2D eigenvalue weighted by atomic mass is 31.2. The number of hydrogen-bond acceptors (Lipinski definition) is 3. The number of alkyl halides is 4. The molecule has 0 amide bonds. The monoisotopic (exact) mass is 196 g/mol. The van der Waals surface area contributed by atoms with E-state index in [-0.39, 0.29) is 0 Å². The van der Waals surface area contributed by atoms with E-state index in [0.29, 0.717) is 0 Å². The van der Waals surface area contributed by atoms with Gasteiger partial charge in [-0.25, -0.2) is 8.78 Å². The lowest BCUT2D eigenvalue weighted by atomic mass is 10.4. The van der Waals surface area contributed by atoms with Crippen molar-refractivity contribution in [3.05, 3.63) is 0 Å². The maximum atomic E-state index is 11.8. The fourth-order valence-electron chi connectivity index (χ4n) is 0.207. The first-order valence-corrected chi connectivity index (χ1v) is 3.49. The molecule has 0 radical (unpaired) electrons. The molecule has 0 saturated carbocycles. The van der Waals surface area contributed by atoms with E-state index in [1.807, 2.05) is 0 Å². The van der Waals surface area contributed by atoms with Crippen LogP contribution in [0.1, 0.15) is 0 Å². The zero-order valence-corrected chi connectivity index (χ0v) is 5.94. The Morgan fingerprint density at radius 3 is 2.09 bits per heavy atom. The van der Waals surface area contributed by atoms with Gasteiger partial charge in [0, 0.05) is 0 Å². The van der Waals surface area contributed by atoms with Gasteiger partial charge in [0.15, 0.2) is 0 Å². The van der Waals surface area contributed by atoms with E-state index in [2.05, 4.69) is 4.52 Å². The first kappa shape index (κ1) is 11.0. The molecule has 0 saturated heterocycles. The summed E-state index contributed by atoms with van der Waals surface area (Å²) in [6, 6.07) is 0. The zero-order chi connectivity index (χ0) is 9.07. The molecule has 0 fully saturated rings. The third-order valence-corrected chi connectivity index (χ3v) is 1.05. The molecule has 0 bridgehead atoms. The SMILES string of the molecule is OP(O)OCC(F)(F)C(F)F. The topological polar surface area (TPSA) is 49.7 Å². The van der Waals surface area contributed by atoms with E-state index in [0.717, 1.165) is 0 Å². The van der Waals surface area contributed by atoms with Gasteiger partial charge < -0.3 is 14.3 Å². The van der Waals surface area contributed by atoms with Gasteiger partial charge in [-0.3, -0.25) is 0 Å². The number of hydrogen-bond donors (Lipinski definition) is 2. The minimum Gasteiger partial charge on any atom is -0.328 e. The first-order chi connectivity index (χ1) is 4.86. The molecule has 0 aromatic heterocycles. The maximum Gasteiger partial charge on any atom is 0.330 e. The Hall–Kier alpha value is 0.0300. The maximum absolute atomic E-state index is 11.8. The second kappa shape index (κ2) is 4.15. The molecule has 68 valence electrons. The molecule has 2 N–H and O–H groups in total. The molecule has 0 atom stereocenters. The Morgan fingerprint density at radius 1 is 1.36 bits per heavy atom. The van der Waals surface area contributed by atoms with Crippen LogP contribution in [0.25, 0.3) is 0 Å². The summed E-state index contributed by atoms with van der Waals surface area (Å²) in [5, 5.41) is 0. The first-order valence-electron chi connectivity index (χ1n) is 2.33. The molecule has 0 aromatic carbocycles. The molecule has 0 aromatic rings. The molecule has 0 rings (SSSR count). The summed E-state index contributed by atoms with van der Waals surface area (Å²) < 4.78 is 49.7. The van der Waals surface area contributed by atoms with E-state index in [1.165, 1.54) is 0 Å². The summed E-state index contributed by atoms with van der Waals surface area (Å²) in [5.41, 5.74) is 0. The van der Waals surface area contributed by atoms with Crippen LogP contribution < -0.4 is 0 Å². The van der Waals surface area contributed by atoms with Gasteiger partial charge in [0.25, 0.3) is 0 Å². The zero-order valence-electron chi connectivity index (χ0n) is 5.05. The molecule has 0 aliphatic heterocycles. The predicted molar refractivity (Wildman–Crippen MR) is 28.3 cm³/mol. The summed E-state index contributed by atoms with van der Waals surface area (Å²) in [4.78, 5) is 15.8. The van der Waals surface area contributed by atoms with Crippen LogP contribution >= 0.6 is 8.60 Å². The van der Waals surface area contributed by atoms with Crippen molar-refractivity contribution in [2.75, 3.05) is 6.61 Å². The van der Waals surface area contributed by atoms with Crippen molar-refractivity contribution in [3.8, 4) is 0 Å².